The summed E-state index contributed by atoms with van der Waals surface area (Å²) < 4.78 is 0. The first-order valence-electron chi connectivity index (χ1n) is 6.00. The van der Waals surface area contributed by atoms with Gasteiger partial charge < -0.3 is 4.90 Å². The van der Waals surface area contributed by atoms with Crippen LogP contribution >= 0.6 is 11.6 Å². The third-order valence-electron chi connectivity index (χ3n) is 2.98. The first kappa shape index (κ1) is 12.8. The number of benzene rings is 1. The van der Waals surface area contributed by atoms with Crippen molar-refractivity contribution in [1.29, 1.82) is 0 Å². The number of halogens is 1. The van der Waals surface area contributed by atoms with Crippen LogP contribution in [0.15, 0.2) is 24.3 Å². The highest BCUT2D eigenvalue weighted by Gasteiger charge is 2.11. The Morgan fingerprint density at radius 3 is 2.61 bits per heavy atom. The van der Waals surface area contributed by atoms with Gasteiger partial charge in [-0.2, -0.15) is 0 Å². The number of hydrogen-bond acceptors (Lipinski definition) is 3. The fourth-order valence-electron chi connectivity index (χ4n) is 2.02. The Bertz CT molecular complexity index is 579. The molecule has 94 valence electrons. The van der Waals surface area contributed by atoms with Crippen molar-refractivity contribution < 1.29 is 4.79 Å². The largest absolute Gasteiger partial charge is 0.357 e. The zero-order valence-corrected chi connectivity index (χ0v) is 11.2. The van der Waals surface area contributed by atoms with Crippen molar-refractivity contribution in [2.24, 2.45) is 0 Å². The number of carbonyl (C=O) groups is 1. The lowest BCUT2D eigenvalue weighted by Crippen LogP contribution is -2.24. The van der Waals surface area contributed by atoms with Crippen LogP contribution in [0.1, 0.15) is 24.2 Å². The third-order valence-corrected chi connectivity index (χ3v) is 3.21. The van der Waals surface area contributed by atoms with Crippen LogP contribution in [-0.4, -0.2) is 24.4 Å². The predicted octanol–water partition coefficient (Wildman–Crippen LogP) is 3.55. The molecule has 3 nitrogen and oxygen atoms in total. The fraction of sp³-hybridized carbons (Fsp3) is 0.286. The molecule has 1 aromatic heterocycles. The minimum absolute atomic E-state index is 0.605. The second-order valence-corrected chi connectivity index (χ2v) is 4.46. The number of aldehydes is 1. The SMILES string of the molecule is CCN(CC)c1nc2ccc(Cl)cc2cc1C=O. The molecule has 0 amide bonds. The summed E-state index contributed by atoms with van der Waals surface area (Å²) in [4.78, 5) is 17.8. The number of anilines is 1. The van der Waals surface area contributed by atoms with Gasteiger partial charge in [-0.3, -0.25) is 4.79 Å². The molecular formula is C14H15ClN2O. The van der Waals surface area contributed by atoms with E-state index in [-0.39, 0.29) is 0 Å². The highest BCUT2D eigenvalue weighted by Crippen LogP contribution is 2.24. The molecule has 0 atom stereocenters. The maximum Gasteiger partial charge on any atom is 0.153 e. The molecule has 4 heteroatoms. The Balaban J connectivity index is 2.65. The fourth-order valence-corrected chi connectivity index (χ4v) is 2.20. The van der Waals surface area contributed by atoms with Gasteiger partial charge in [0.1, 0.15) is 5.82 Å². The molecule has 2 aromatic rings. The molecule has 0 bridgehead atoms. The highest BCUT2D eigenvalue weighted by molar-refractivity contribution is 6.31. The predicted molar refractivity (Wildman–Crippen MR) is 75.7 cm³/mol. The Kier molecular flexibility index (Phi) is 3.82. The number of nitrogens with zero attached hydrogens (tertiary/aromatic N) is 2. The molecule has 0 saturated heterocycles. The summed E-state index contributed by atoms with van der Waals surface area (Å²) in [5, 5.41) is 1.54. The minimum atomic E-state index is 0.605. The van der Waals surface area contributed by atoms with Crippen LogP contribution in [0.4, 0.5) is 5.82 Å². The molecule has 0 radical (unpaired) electrons. The molecule has 18 heavy (non-hydrogen) atoms. The summed E-state index contributed by atoms with van der Waals surface area (Å²) in [6, 6.07) is 7.35. The van der Waals surface area contributed by atoms with Crippen LogP contribution in [0.3, 0.4) is 0 Å². The van der Waals surface area contributed by atoms with Crippen molar-refractivity contribution in [3.8, 4) is 0 Å². The van der Waals surface area contributed by atoms with E-state index in [9.17, 15) is 4.79 Å². The highest BCUT2D eigenvalue weighted by atomic mass is 35.5. The monoisotopic (exact) mass is 262 g/mol. The van der Waals surface area contributed by atoms with E-state index < -0.39 is 0 Å². The van der Waals surface area contributed by atoms with Gasteiger partial charge in [-0.1, -0.05) is 11.6 Å². The molecule has 0 fully saturated rings. The number of carbonyl (C=O) groups excluding carboxylic acids is 1. The van der Waals surface area contributed by atoms with Crippen LogP contribution in [0, 0.1) is 0 Å². The van der Waals surface area contributed by atoms with Gasteiger partial charge in [-0.05, 0) is 38.1 Å². The zero-order chi connectivity index (χ0) is 13.1. The quantitative estimate of drug-likeness (QED) is 0.790. The van der Waals surface area contributed by atoms with Crippen molar-refractivity contribution >= 4 is 34.6 Å². The topological polar surface area (TPSA) is 33.2 Å². The molecule has 0 spiro atoms. The summed E-state index contributed by atoms with van der Waals surface area (Å²) >= 11 is 5.94. The second kappa shape index (κ2) is 5.36. The maximum atomic E-state index is 11.2. The normalized spacial score (nSPS) is 10.6. The van der Waals surface area contributed by atoms with Crippen molar-refractivity contribution in [2.75, 3.05) is 18.0 Å². The van der Waals surface area contributed by atoms with Gasteiger partial charge in [-0.15, -0.1) is 0 Å². The lowest BCUT2D eigenvalue weighted by atomic mass is 10.1. The van der Waals surface area contributed by atoms with E-state index >= 15 is 0 Å². The van der Waals surface area contributed by atoms with Crippen molar-refractivity contribution in [1.82, 2.24) is 4.98 Å². The molecule has 0 aliphatic carbocycles. The van der Waals surface area contributed by atoms with Crippen LogP contribution in [-0.2, 0) is 0 Å². The van der Waals surface area contributed by atoms with Gasteiger partial charge in [0.05, 0.1) is 11.1 Å². The molecule has 0 aliphatic heterocycles. The van der Waals surface area contributed by atoms with E-state index in [0.29, 0.717) is 10.6 Å². The number of fused-ring (bicyclic) bond motifs is 1. The van der Waals surface area contributed by atoms with Crippen molar-refractivity contribution in [2.45, 2.75) is 13.8 Å². The Morgan fingerprint density at radius 1 is 1.28 bits per heavy atom. The Morgan fingerprint density at radius 2 is 2.00 bits per heavy atom. The summed E-state index contributed by atoms with van der Waals surface area (Å²) in [5.74, 6) is 0.741. The number of pyridine rings is 1. The van der Waals surface area contributed by atoms with Crippen LogP contribution < -0.4 is 4.90 Å². The van der Waals surface area contributed by atoms with E-state index in [0.717, 1.165) is 36.1 Å². The molecule has 0 aliphatic rings. The van der Waals surface area contributed by atoms with Gasteiger partial charge in [0.15, 0.2) is 6.29 Å². The average Bonchev–Trinajstić information content (AvgIpc) is 2.39. The van der Waals surface area contributed by atoms with E-state index in [2.05, 4.69) is 9.88 Å². The number of rotatable bonds is 4. The first-order valence-corrected chi connectivity index (χ1v) is 6.37. The molecule has 1 aromatic carbocycles. The number of hydrogen-bond donors (Lipinski definition) is 0. The van der Waals surface area contributed by atoms with E-state index in [1.165, 1.54) is 0 Å². The molecule has 0 N–H and O–H groups in total. The average molecular weight is 263 g/mol. The lowest BCUT2D eigenvalue weighted by molar-refractivity contribution is 0.112. The second-order valence-electron chi connectivity index (χ2n) is 4.03. The summed E-state index contributed by atoms with van der Waals surface area (Å²) in [7, 11) is 0. The van der Waals surface area contributed by atoms with Gasteiger partial charge in [-0.25, -0.2) is 4.98 Å². The van der Waals surface area contributed by atoms with Gasteiger partial charge in [0, 0.05) is 23.5 Å². The molecule has 0 saturated carbocycles. The maximum absolute atomic E-state index is 11.2. The molecule has 0 unspecified atom stereocenters. The standard InChI is InChI=1S/C14H15ClN2O/c1-3-17(4-2)14-11(9-18)7-10-8-12(15)5-6-13(10)16-14/h5-9H,3-4H2,1-2H3. The van der Waals surface area contributed by atoms with Crippen LogP contribution in [0.5, 0.6) is 0 Å². The van der Waals surface area contributed by atoms with Gasteiger partial charge >= 0.3 is 0 Å². The summed E-state index contributed by atoms with van der Waals surface area (Å²) in [5.41, 5.74) is 1.46. The van der Waals surface area contributed by atoms with Gasteiger partial charge in [0.2, 0.25) is 0 Å². The summed E-state index contributed by atoms with van der Waals surface area (Å²) in [6.45, 7) is 5.74. The first-order chi connectivity index (χ1) is 8.69. The van der Waals surface area contributed by atoms with Crippen molar-refractivity contribution in [3.05, 3.63) is 34.9 Å². The van der Waals surface area contributed by atoms with Gasteiger partial charge in [0.25, 0.3) is 0 Å². The lowest BCUT2D eigenvalue weighted by Gasteiger charge is -2.21. The third kappa shape index (κ3) is 2.31. The molecule has 1 heterocycles. The Labute approximate surface area is 111 Å². The van der Waals surface area contributed by atoms with Crippen LogP contribution in [0.25, 0.3) is 10.9 Å². The smallest absolute Gasteiger partial charge is 0.153 e. The minimum Gasteiger partial charge on any atom is -0.357 e. The number of aromatic nitrogens is 1. The van der Waals surface area contributed by atoms with E-state index in [1.54, 1.807) is 0 Å². The van der Waals surface area contributed by atoms with E-state index in [1.807, 2.05) is 38.1 Å². The zero-order valence-electron chi connectivity index (χ0n) is 10.5. The summed E-state index contributed by atoms with van der Waals surface area (Å²) in [6.07, 6.45) is 0.848. The molecule has 2 rings (SSSR count). The van der Waals surface area contributed by atoms with E-state index in [4.69, 9.17) is 11.6 Å². The molecular weight excluding hydrogens is 248 g/mol. The van der Waals surface area contributed by atoms with Crippen LogP contribution in [0.2, 0.25) is 5.02 Å². The van der Waals surface area contributed by atoms with Crippen molar-refractivity contribution in [3.63, 3.8) is 0 Å². The Hall–Kier alpha value is -1.61.